The van der Waals surface area contributed by atoms with E-state index in [1.54, 1.807) is 7.11 Å². The van der Waals surface area contributed by atoms with Crippen LogP contribution in [-0.2, 0) is 11.2 Å². The van der Waals surface area contributed by atoms with Crippen LogP contribution in [0.2, 0.25) is 0 Å². The van der Waals surface area contributed by atoms with E-state index in [1.165, 1.54) is 16.7 Å². The third kappa shape index (κ3) is 4.21. The summed E-state index contributed by atoms with van der Waals surface area (Å²) in [5.41, 5.74) is 6.66. The normalized spacial score (nSPS) is 13.4. The van der Waals surface area contributed by atoms with Crippen molar-refractivity contribution in [2.24, 2.45) is 0 Å². The largest absolute Gasteiger partial charge is 0.383 e. The molecular weight excluding hydrogens is 384 g/mol. The summed E-state index contributed by atoms with van der Waals surface area (Å²) < 4.78 is 9.39. The maximum Gasteiger partial charge on any atom is 0.330 e. The lowest BCUT2D eigenvalue weighted by atomic mass is 10.0. The van der Waals surface area contributed by atoms with Crippen LogP contribution in [-0.4, -0.2) is 22.9 Å². The van der Waals surface area contributed by atoms with Gasteiger partial charge >= 0.3 is 5.69 Å². The zero-order chi connectivity index (χ0) is 22.0. The lowest BCUT2D eigenvalue weighted by Gasteiger charge is -2.19. The molecule has 0 radical (unpaired) electrons. The molecule has 4 nitrogen and oxygen atoms in total. The lowest BCUT2D eigenvalue weighted by molar-refractivity contribution is 0.154. The fourth-order valence-electron chi connectivity index (χ4n) is 4.33. The zero-order valence-corrected chi connectivity index (χ0v) is 18.7. The first-order valence-corrected chi connectivity index (χ1v) is 10.8. The highest BCUT2D eigenvalue weighted by atomic mass is 16.5. The minimum Gasteiger partial charge on any atom is -0.383 e. The molecule has 0 aliphatic rings. The molecule has 2 atom stereocenters. The molecule has 0 amide bonds. The molecule has 1 unspecified atom stereocenters. The van der Waals surface area contributed by atoms with Gasteiger partial charge in [-0.1, -0.05) is 71.8 Å². The Hall–Kier alpha value is -3.11. The number of aryl methyl sites for hydroxylation is 2. The fourth-order valence-corrected chi connectivity index (χ4v) is 4.33. The average molecular weight is 415 g/mol. The van der Waals surface area contributed by atoms with E-state index in [2.05, 4.69) is 69.3 Å². The van der Waals surface area contributed by atoms with E-state index < -0.39 is 0 Å². The molecular formula is C27H30N2O2. The van der Waals surface area contributed by atoms with Gasteiger partial charge in [0.25, 0.3) is 0 Å². The van der Waals surface area contributed by atoms with Crippen LogP contribution in [0.1, 0.15) is 41.3 Å². The number of imidazole rings is 1. The summed E-state index contributed by atoms with van der Waals surface area (Å²) in [6, 6.07) is 24.8. The molecule has 0 bridgehead atoms. The smallest absolute Gasteiger partial charge is 0.330 e. The summed E-state index contributed by atoms with van der Waals surface area (Å²) >= 11 is 0. The second kappa shape index (κ2) is 8.94. The van der Waals surface area contributed by atoms with Crippen LogP contribution in [0.15, 0.2) is 77.6 Å². The minimum atomic E-state index is -0.0865. The van der Waals surface area contributed by atoms with Crippen molar-refractivity contribution in [2.45, 2.75) is 39.3 Å². The Bertz CT molecular complexity index is 1220. The molecule has 0 saturated carbocycles. The summed E-state index contributed by atoms with van der Waals surface area (Å²) in [6.45, 7) is 6.72. The highest BCUT2D eigenvalue weighted by Crippen LogP contribution is 2.26. The predicted octanol–water partition coefficient (Wildman–Crippen LogP) is 5.46. The third-order valence-electron chi connectivity index (χ3n) is 6.08. The van der Waals surface area contributed by atoms with E-state index >= 15 is 0 Å². The van der Waals surface area contributed by atoms with Crippen LogP contribution in [0.4, 0.5) is 0 Å². The fraction of sp³-hybridized carbons (Fsp3) is 0.296. The Kier molecular flexibility index (Phi) is 6.10. The van der Waals surface area contributed by atoms with Crippen molar-refractivity contribution in [3.63, 3.8) is 0 Å². The Morgan fingerprint density at radius 3 is 1.94 bits per heavy atom. The summed E-state index contributed by atoms with van der Waals surface area (Å²) in [5.74, 6) is 0. The van der Waals surface area contributed by atoms with Crippen molar-refractivity contribution in [3.8, 4) is 0 Å². The predicted molar refractivity (Wildman–Crippen MR) is 127 cm³/mol. The number of fused-ring (bicyclic) bond motifs is 1. The van der Waals surface area contributed by atoms with Crippen LogP contribution >= 0.6 is 0 Å². The molecule has 0 aliphatic heterocycles. The van der Waals surface area contributed by atoms with Crippen molar-refractivity contribution in [1.29, 1.82) is 0 Å². The van der Waals surface area contributed by atoms with Gasteiger partial charge in [-0.15, -0.1) is 0 Å². The van der Waals surface area contributed by atoms with Gasteiger partial charge in [0.1, 0.15) is 0 Å². The maximum atomic E-state index is 13.8. The summed E-state index contributed by atoms with van der Waals surface area (Å²) in [5, 5.41) is 0. The molecule has 160 valence electrons. The number of benzene rings is 3. The van der Waals surface area contributed by atoms with Gasteiger partial charge in [0.05, 0.1) is 29.7 Å². The van der Waals surface area contributed by atoms with Gasteiger partial charge in [0.15, 0.2) is 0 Å². The molecule has 0 spiro atoms. The molecule has 0 saturated heterocycles. The number of rotatable bonds is 7. The number of aromatic nitrogens is 2. The van der Waals surface area contributed by atoms with E-state index in [4.69, 9.17) is 4.74 Å². The molecule has 31 heavy (non-hydrogen) atoms. The molecule has 0 aliphatic carbocycles. The number of hydrogen-bond donors (Lipinski definition) is 0. The van der Waals surface area contributed by atoms with Crippen molar-refractivity contribution >= 4 is 11.0 Å². The molecule has 4 rings (SSSR count). The van der Waals surface area contributed by atoms with E-state index in [-0.39, 0.29) is 17.8 Å². The van der Waals surface area contributed by atoms with Crippen molar-refractivity contribution in [1.82, 2.24) is 9.13 Å². The molecule has 1 heterocycles. The maximum absolute atomic E-state index is 13.8. The Labute approximate surface area is 183 Å². The number of nitrogens with zero attached hydrogens (tertiary/aromatic N) is 2. The monoisotopic (exact) mass is 414 g/mol. The Morgan fingerprint density at radius 2 is 1.35 bits per heavy atom. The Balaban J connectivity index is 1.83. The number of hydrogen-bond acceptors (Lipinski definition) is 2. The topological polar surface area (TPSA) is 36.2 Å². The van der Waals surface area contributed by atoms with Crippen LogP contribution < -0.4 is 5.69 Å². The molecule has 1 aromatic heterocycles. The van der Waals surface area contributed by atoms with Gasteiger partial charge in [-0.05, 0) is 50.5 Å². The SMILES string of the molecule is COC[C@H](Cc1ccc(C)cc1)n1c(=O)n(C(C)c2ccc(C)cc2)c2ccccc21. The number of ether oxygens (including phenoxy) is 1. The standard InChI is InChI=1S/C27H30N2O2/c1-19-9-13-22(14-10-19)17-24(18-31-4)29-26-8-6-5-7-25(26)28(27(29)30)21(3)23-15-11-20(2)12-16-23/h5-16,21,24H,17-18H2,1-4H3/t21?,24-/m0/s1. The average Bonchev–Trinajstić information content (AvgIpc) is 3.06. The van der Waals surface area contributed by atoms with E-state index in [9.17, 15) is 4.79 Å². The highest BCUT2D eigenvalue weighted by Gasteiger charge is 2.23. The van der Waals surface area contributed by atoms with Gasteiger partial charge in [0, 0.05) is 7.11 Å². The second-order valence-corrected chi connectivity index (χ2v) is 8.40. The van der Waals surface area contributed by atoms with Gasteiger partial charge in [0.2, 0.25) is 0 Å². The van der Waals surface area contributed by atoms with Gasteiger partial charge < -0.3 is 4.74 Å². The van der Waals surface area contributed by atoms with Gasteiger partial charge in [-0.3, -0.25) is 9.13 Å². The first-order valence-electron chi connectivity index (χ1n) is 10.8. The van der Waals surface area contributed by atoms with Crippen LogP contribution in [0.5, 0.6) is 0 Å². The number of para-hydroxylation sites is 2. The van der Waals surface area contributed by atoms with Crippen LogP contribution in [0.3, 0.4) is 0 Å². The number of methoxy groups -OCH3 is 1. The molecule has 0 fully saturated rings. The van der Waals surface area contributed by atoms with Crippen molar-refractivity contribution in [2.75, 3.05) is 13.7 Å². The van der Waals surface area contributed by atoms with E-state index in [1.807, 2.05) is 33.4 Å². The molecule has 4 aromatic rings. The van der Waals surface area contributed by atoms with Crippen LogP contribution in [0.25, 0.3) is 11.0 Å². The molecule has 3 aromatic carbocycles. The van der Waals surface area contributed by atoms with Gasteiger partial charge in [-0.2, -0.15) is 0 Å². The third-order valence-corrected chi connectivity index (χ3v) is 6.08. The van der Waals surface area contributed by atoms with E-state index in [0.717, 1.165) is 23.0 Å². The Morgan fingerprint density at radius 1 is 0.806 bits per heavy atom. The van der Waals surface area contributed by atoms with E-state index in [0.29, 0.717) is 6.61 Å². The van der Waals surface area contributed by atoms with Gasteiger partial charge in [-0.25, -0.2) is 4.79 Å². The highest BCUT2D eigenvalue weighted by molar-refractivity contribution is 5.76. The quantitative estimate of drug-likeness (QED) is 0.403. The molecule has 4 heteroatoms. The van der Waals surface area contributed by atoms with Crippen molar-refractivity contribution in [3.05, 3.63) is 106 Å². The first-order chi connectivity index (χ1) is 15.0. The molecule has 0 N–H and O–H groups in total. The van der Waals surface area contributed by atoms with Crippen molar-refractivity contribution < 1.29 is 4.74 Å². The lowest BCUT2D eigenvalue weighted by Crippen LogP contribution is -2.32. The minimum absolute atomic E-state index is 0.00318. The zero-order valence-electron chi connectivity index (χ0n) is 18.7. The first kappa shape index (κ1) is 21.1. The second-order valence-electron chi connectivity index (χ2n) is 8.40. The summed E-state index contributed by atoms with van der Waals surface area (Å²) in [4.78, 5) is 13.8. The van der Waals surface area contributed by atoms with Crippen LogP contribution in [0, 0.1) is 13.8 Å². The summed E-state index contributed by atoms with van der Waals surface area (Å²) in [6.07, 6.45) is 0.737. The summed E-state index contributed by atoms with van der Waals surface area (Å²) in [7, 11) is 1.70.